The molecule has 0 aromatic carbocycles. The molecule has 1 aliphatic rings. The van der Waals surface area contributed by atoms with Crippen LogP contribution in [0.3, 0.4) is 0 Å². The normalized spacial score (nSPS) is 28.1. The topological polar surface area (TPSA) is 92.4 Å². The van der Waals surface area contributed by atoms with Gasteiger partial charge in [0.15, 0.2) is 9.84 Å². The van der Waals surface area contributed by atoms with Gasteiger partial charge in [0, 0.05) is 18.7 Å². The first kappa shape index (κ1) is 14.9. The van der Waals surface area contributed by atoms with Crippen LogP contribution in [-0.2, 0) is 9.84 Å². The number of rotatable bonds is 7. The highest BCUT2D eigenvalue weighted by Gasteiger charge is 2.37. The molecule has 6 heteroatoms. The van der Waals surface area contributed by atoms with E-state index in [-0.39, 0.29) is 12.4 Å². The summed E-state index contributed by atoms with van der Waals surface area (Å²) in [6.07, 6.45) is 4.24. The van der Waals surface area contributed by atoms with E-state index < -0.39 is 15.4 Å². The minimum atomic E-state index is -2.93. The number of hydrogen-bond donors (Lipinski definition) is 3. The summed E-state index contributed by atoms with van der Waals surface area (Å²) in [5.41, 5.74) is 5.31. The first-order valence-electron chi connectivity index (χ1n) is 6.30. The molecule has 0 radical (unpaired) electrons. The maximum atomic E-state index is 11.6. The van der Waals surface area contributed by atoms with Gasteiger partial charge in [0.1, 0.15) is 0 Å². The number of aliphatic hydroxyl groups is 1. The van der Waals surface area contributed by atoms with E-state index in [0.717, 1.165) is 32.2 Å². The molecule has 1 aliphatic heterocycles. The number of sulfone groups is 1. The van der Waals surface area contributed by atoms with Gasteiger partial charge in [-0.25, -0.2) is 8.42 Å². The molecule has 1 fully saturated rings. The van der Waals surface area contributed by atoms with E-state index in [1.54, 1.807) is 0 Å². The van der Waals surface area contributed by atoms with Crippen LogP contribution in [0.5, 0.6) is 0 Å². The molecular weight excluding hydrogens is 240 g/mol. The summed E-state index contributed by atoms with van der Waals surface area (Å²) in [5, 5.41) is 12.0. The zero-order valence-corrected chi connectivity index (χ0v) is 11.1. The van der Waals surface area contributed by atoms with E-state index in [1.165, 1.54) is 0 Å². The molecule has 0 aromatic rings. The van der Waals surface area contributed by atoms with Crippen LogP contribution in [0.25, 0.3) is 0 Å². The Morgan fingerprint density at radius 3 is 2.65 bits per heavy atom. The molecule has 0 saturated carbocycles. The van der Waals surface area contributed by atoms with Crippen LogP contribution < -0.4 is 11.1 Å². The first-order chi connectivity index (χ1) is 8.04. The van der Waals surface area contributed by atoms with Crippen LogP contribution in [0.2, 0.25) is 0 Å². The molecule has 0 bridgehead atoms. The van der Waals surface area contributed by atoms with Gasteiger partial charge < -0.3 is 16.2 Å². The fourth-order valence-corrected chi connectivity index (χ4v) is 4.27. The van der Waals surface area contributed by atoms with Crippen molar-refractivity contribution in [1.82, 2.24) is 5.32 Å². The predicted molar refractivity (Wildman–Crippen MR) is 68.6 cm³/mol. The van der Waals surface area contributed by atoms with Gasteiger partial charge in [0.2, 0.25) is 0 Å². The smallest absolute Gasteiger partial charge is 0.152 e. The largest absolute Gasteiger partial charge is 0.396 e. The maximum Gasteiger partial charge on any atom is 0.152 e. The minimum Gasteiger partial charge on any atom is -0.396 e. The molecule has 0 spiro atoms. The summed E-state index contributed by atoms with van der Waals surface area (Å²) in [7, 11) is -2.93. The lowest BCUT2D eigenvalue weighted by Gasteiger charge is -2.37. The minimum absolute atomic E-state index is 0.163. The molecule has 1 unspecified atom stereocenters. The van der Waals surface area contributed by atoms with Gasteiger partial charge in [0.05, 0.1) is 11.5 Å². The molecule has 1 rings (SSSR count). The van der Waals surface area contributed by atoms with E-state index >= 15 is 0 Å². The van der Waals surface area contributed by atoms with Crippen molar-refractivity contribution in [2.45, 2.75) is 37.6 Å². The lowest BCUT2D eigenvalue weighted by atomic mass is 9.95. The van der Waals surface area contributed by atoms with Crippen molar-refractivity contribution in [2.24, 2.45) is 5.73 Å². The second kappa shape index (κ2) is 6.68. The van der Waals surface area contributed by atoms with Gasteiger partial charge in [-0.15, -0.1) is 0 Å². The Hall–Kier alpha value is -0.170. The Morgan fingerprint density at radius 2 is 2.06 bits per heavy atom. The summed E-state index contributed by atoms with van der Waals surface area (Å²) >= 11 is 0. The number of unbranched alkanes of at least 4 members (excludes halogenated alkanes) is 2. The Kier molecular flexibility index (Phi) is 5.85. The monoisotopic (exact) mass is 264 g/mol. The van der Waals surface area contributed by atoms with Crippen LogP contribution in [0.1, 0.15) is 32.1 Å². The van der Waals surface area contributed by atoms with Crippen molar-refractivity contribution >= 4 is 9.84 Å². The average molecular weight is 264 g/mol. The maximum absolute atomic E-state index is 11.6. The average Bonchev–Trinajstić information content (AvgIpc) is 2.27. The Bertz CT molecular complexity index is 319. The Labute approximate surface area is 104 Å². The molecule has 0 aromatic heterocycles. The quantitative estimate of drug-likeness (QED) is 0.546. The molecule has 4 N–H and O–H groups in total. The Balaban J connectivity index is 2.40. The zero-order valence-electron chi connectivity index (χ0n) is 10.3. The second-order valence-corrected chi connectivity index (χ2v) is 7.08. The lowest BCUT2D eigenvalue weighted by Crippen LogP contribution is -2.58. The standard InChI is InChI=1S/C11H24N2O3S/c12-9-11(13-6-2-1-3-7-14)5-4-8-17(15,16)10-11/h13-14H,1-10,12H2. The van der Waals surface area contributed by atoms with Crippen LogP contribution in [-0.4, -0.2) is 50.3 Å². The van der Waals surface area contributed by atoms with E-state index in [0.29, 0.717) is 18.7 Å². The van der Waals surface area contributed by atoms with Crippen molar-refractivity contribution < 1.29 is 13.5 Å². The zero-order chi connectivity index (χ0) is 12.8. The van der Waals surface area contributed by atoms with Crippen molar-refractivity contribution in [2.75, 3.05) is 31.2 Å². The van der Waals surface area contributed by atoms with Gasteiger partial charge in [-0.05, 0) is 38.6 Å². The van der Waals surface area contributed by atoms with E-state index in [9.17, 15) is 8.42 Å². The first-order valence-corrected chi connectivity index (χ1v) is 8.12. The van der Waals surface area contributed by atoms with Crippen molar-refractivity contribution in [3.63, 3.8) is 0 Å². The van der Waals surface area contributed by atoms with Gasteiger partial charge in [-0.2, -0.15) is 0 Å². The summed E-state index contributed by atoms with van der Waals surface area (Å²) < 4.78 is 23.3. The molecule has 0 aliphatic carbocycles. The molecule has 1 heterocycles. The van der Waals surface area contributed by atoms with Crippen molar-refractivity contribution in [3.05, 3.63) is 0 Å². The SMILES string of the molecule is NCC1(NCCCCCO)CCCS(=O)(=O)C1. The molecule has 17 heavy (non-hydrogen) atoms. The van der Waals surface area contributed by atoms with Gasteiger partial charge in [0.25, 0.3) is 0 Å². The van der Waals surface area contributed by atoms with Gasteiger partial charge in [-0.1, -0.05) is 0 Å². The van der Waals surface area contributed by atoms with Crippen LogP contribution in [0.4, 0.5) is 0 Å². The van der Waals surface area contributed by atoms with Crippen LogP contribution in [0.15, 0.2) is 0 Å². The van der Waals surface area contributed by atoms with Crippen LogP contribution >= 0.6 is 0 Å². The summed E-state index contributed by atoms with van der Waals surface area (Å²) in [6.45, 7) is 1.36. The second-order valence-electron chi connectivity index (χ2n) is 4.89. The highest BCUT2D eigenvalue weighted by Crippen LogP contribution is 2.22. The van der Waals surface area contributed by atoms with E-state index in [2.05, 4.69) is 5.32 Å². The molecule has 5 nitrogen and oxygen atoms in total. The molecule has 1 atom stereocenters. The third-order valence-corrected chi connectivity index (χ3v) is 5.24. The lowest BCUT2D eigenvalue weighted by molar-refractivity contribution is 0.278. The van der Waals surface area contributed by atoms with Gasteiger partial charge in [-0.3, -0.25) is 0 Å². The molecular formula is C11H24N2O3S. The molecule has 0 amide bonds. The van der Waals surface area contributed by atoms with Crippen molar-refractivity contribution in [1.29, 1.82) is 0 Å². The fourth-order valence-electron chi connectivity index (χ4n) is 2.34. The molecule has 1 saturated heterocycles. The van der Waals surface area contributed by atoms with E-state index in [1.807, 2.05) is 0 Å². The third-order valence-electron chi connectivity index (χ3n) is 3.33. The van der Waals surface area contributed by atoms with Crippen LogP contribution in [0, 0.1) is 0 Å². The number of aliphatic hydroxyl groups excluding tert-OH is 1. The number of nitrogens with two attached hydrogens (primary N) is 1. The van der Waals surface area contributed by atoms with Crippen molar-refractivity contribution in [3.8, 4) is 0 Å². The summed E-state index contributed by atoms with van der Waals surface area (Å²) in [5.74, 6) is 0.456. The summed E-state index contributed by atoms with van der Waals surface area (Å²) in [6, 6.07) is 0. The number of nitrogens with one attached hydrogen (secondary N) is 1. The fraction of sp³-hybridized carbons (Fsp3) is 1.00. The predicted octanol–water partition coefficient (Wildman–Crippen LogP) is -0.355. The highest BCUT2D eigenvalue weighted by atomic mass is 32.2. The third kappa shape index (κ3) is 4.91. The Morgan fingerprint density at radius 1 is 1.29 bits per heavy atom. The van der Waals surface area contributed by atoms with E-state index in [4.69, 9.17) is 10.8 Å². The number of hydrogen-bond acceptors (Lipinski definition) is 5. The van der Waals surface area contributed by atoms with Gasteiger partial charge >= 0.3 is 0 Å². The summed E-state index contributed by atoms with van der Waals surface area (Å²) in [4.78, 5) is 0. The highest BCUT2D eigenvalue weighted by molar-refractivity contribution is 7.91. The molecule has 102 valence electrons.